The Kier molecular flexibility index (Phi) is 4.25. The van der Waals surface area contributed by atoms with Crippen LogP contribution in [0.4, 0.5) is 0 Å². The Labute approximate surface area is 130 Å². The van der Waals surface area contributed by atoms with Gasteiger partial charge < -0.3 is 14.1 Å². The van der Waals surface area contributed by atoms with E-state index in [0.717, 1.165) is 12.8 Å². The van der Waals surface area contributed by atoms with Crippen LogP contribution >= 0.6 is 0 Å². The molecule has 2 saturated carbocycles. The summed E-state index contributed by atoms with van der Waals surface area (Å²) >= 11 is 0. The van der Waals surface area contributed by atoms with Gasteiger partial charge in [-0.2, -0.15) is 0 Å². The second-order valence-electron chi connectivity index (χ2n) is 7.05. The summed E-state index contributed by atoms with van der Waals surface area (Å²) in [5.74, 6) is -1.19. The molecule has 1 spiro atoms. The van der Waals surface area contributed by atoms with Gasteiger partial charge in [0.1, 0.15) is 0 Å². The summed E-state index contributed by atoms with van der Waals surface area (Å²) in [6.45, 7) is -0.0129. The van der Waals surface area contributed by atoms with Crippen molar-refractivity contribution in [1.29, 1.82) is 0 Å². The molecule has 0 atom stereocenters. The van der Waals surface area contributed by atoms with Gasteiger partial charge in [0.25, 0.3) is 0 Å². The first-order chi connectivity index (χ1) is 10.5. The number of carbonyl (C=O) groups is 3. The van der Waals surface area contributed by atoms with E-state index in [2.05, 4.69) is 0 Å². The van der Waals surface area contributed by atoms with Gasteiger partial charge in [0.05, 0.1) is 13.1 Å². The van der Waals surface area contributed by atoms with Crippen molar-refractivity contribution in [3.05, 3.63) is 0 Å². The highest BCUT2D eigenvalue weighted by atomic mass is 16.6. The lowest BCUT2D eigenvalue weighted by Crippen LogP contribution is -2.52. The minimum Gasteiger partial charge on any atom is -0.492 e. The van der Waals surface area contributed by atoms with Crippen molar-refractivity contribution in [3.8, 4) is 0 Å². The quantitative estimate of drug-likeness (QED) is 0.708. The van der Waals surface area contributed by atoms with Crippen molar-refractivity contribution >= 4 is 24.7 Å². The third-order valence-electron chi connectivity index (χ3n) is 5.18. The van der Waals surface area contributed by atoms with E-state index in [1.54, 1.807) is 7.05 Å². The van der Waals surface area contributed by atoms with Gasteiger partial charge in [-0.05, 0) is 38.1 Å². The number of hydrogen-bond acceptors (Lipinski definition) is 6. The van der Waals surface area contributed by atoms with Gasteiger partial charge in [-0.3, -0.25) is 14.5 Å². The zero-order valence-electron chi connectivity index (χ0n) is 13.0. The molecule has 1 saturated heterocycles. The van der Waals surface area contributed by atoms with Crippen LogP contribution in [0.2, 0.25) is 0 Å². The van der Waals surface area contributed by atoms with E-state index in [-0.39, 0.29) is 24.7 Å². The van der Waals surface area contributed by atoms with E-state index in [4.69, 9.17) is 9.31 Å². The number of carbonyl (C=O) groups excluding carboxylic acids is 3. The predicted molar refractivity (Wildman–Crippen MR) is 78.7 cm³/mol. The first-order valence-electron chi connectivity index (χ1n) is 8.09. The molecule has 3 aliphatic rings. The summed E-state index contributed by atoms with van der Waals surface area (Å²) in [7, 11) is 0.281. The molecule has 0 amide bonds. The molecule has 0 bridgehead atoms. The van der Waals surface area contributed by atoms with Crippen LogP contribution in [-0.2, 0) is 23.7 Å². The fourth-order valence-electron chi connectivity index (χ4n) is 4.04. The number of rotatable bonds is 2. The lowest BCUT2D eigenvalue weighted by Gasteiger charge is -2.49. The zero-order valence-corrected chi connectivity index (χ0v) is 13.0. The minimum absolute atomic E-state index is 0.00646. The molecular formula is C15H22BNO5. The summed E-state index contributed by atoms with van der Waals surface area (Å²) in [6, 6.07) is 0. The fourth-order valence-corrected chi connectivity index (χ4v) is 4.04. The number of hydrogen-bond donors (Lipinski definition) is 0. The number of nitrogens with zero attached hydrogens (tertiary/aromatic N) is 1. The van der Waals surface area contributed by atoms with Crippen molar-refractivity contribution < 1.29 is 23.7 Å². The topological polar surface area (TPSA) is 72.9 Å². The fraction of sp³-hybridized carbons (Fsp3) is 0.800. The zero-order chi connectivity index (χ0) is 15.7. The van der Waals surface area contributed by atoms with E-state index in [1.165, 1.54) is 37.0 Å². The third kappa shape index (κ3) is 3.19. The van der Waals surface area contributed by atoms with E-state index in [1.807, 2.05) is 0 Å². The lowest BCUT2D eigenvalue weighted by atomic mass is 9.51. The van der Waals surface area contributed by atoms with Gasteiger partial charge in [-0.15, -0.1) is 0 Å². The molecule has 0 aromatic rings. The summed E-state index contributed by atoms with van der Waals surface area (Å²) in [5, 5.41) is 0. The highest BCUT2D eigenvalue weighted by molar-refractivity contribution is 6.83. The lowest BCUT2D eigenvalue weighted by molar-refractivity contribution is -0.149. The molecule has 0 radical (unpaired) electrons. The third-order valence-corrected chi connectivity index (χ3v) is 5.18. The predicted octanol–water partition coefficient (Wildman–Crippen LogP) is 0.975. The van der Waals surface area contributed by atoms with Gasteiger partial charge in [-0.1, -0.05) is 19.3 Å². The Morgan fingerprint density at radius 3 is 2.18 bits per heavy atom. The summed E-state index contributed by atoms with van der Waals surface area (Å²) in [6.07, 6.45) is 7.82. The van der Waals surface area contributed by atoms with Crippen LogP contribution in [0, 0.1) is 11.3 Å². The van der Waals surface area contributed by atoms with Crippen LogP contribution in [0.5, 0.6) is 0 Å². The SMILES string of the molecule is CN1CC(=O)OB(C(=O)C2CC3(CCCCC3)C2)OC(=O)C1. The Bertz CT molecular complexity index is 460. The molecule has 0 unspecified atom stereocenters. The van der Waals surface area contributed by atoms with Crippen molar-refractivity contribution in [2.45, 2.75) is 44.9 Å². The monoisotopic (exact) mass is 307 g/mol. The van der Waals surface area contributed by atoms with Crippen molar-refractivity contribution in [2.24, 2.45) is 11.3 Å². The van der Waals surface area contributed by atoms with E-state index < -0.39 is 19.1 Å². The van der Waals surface area contributed by atoms with E-state index in [0.29, 0.717) is 5.41 Å². The van der Waals surface area contributed by atoms with Crippen molar-refractivity contribution in [2.75, 3.05) is 20.1 Å². The van der Waals surface area contributed by atoms with Crippen LogP contribution in [-0.4, -0.2) is 49.8 Å². The van der Waals surface area contributed by atoms with Crippen molar-refractivity contribution in [3.63, 3.8) is 0 Å². The highest BCUT2D eigenvalue weighted by Crippen LogP contribution is 2.55. The molecule has 22 heavy (non-hydrogen) atoms. The second kappa shape index (κ2) is 6.03. The highest BCUT2D eigenvalue weighted by Gasteiger charge is 2.53. The number of likely N-dealkylation sites (N-methyl/N-ethyl adjacent to an activating group) is 1. The van der Waals surface area contributed by atoms with Gasteiger partial charge in [0.15, 0.2) is 5.68 Å². The van der Waals surface area contributed by atoms with Crippen LogP contribution < -0.4 is 0 Å². The molecule has 2 aliphatic carbocycles. The molecular weight excluding hydrogens is 285 g/mol. The van der Waals surface area contributed by atoms with Gasteiger partial charge in [-0.25, -0.2) is 0 Å². The van der Waals surface area contributed by atoms with E-state index >= 15 is 0 Å². The molecule has 1 aliphatic heterocycles. The second-order valence-corrected chi connectivity index (χ2v) is 7.05. The Hall–Kier alpha value is -1.37. The maximum absolute atomic E-state index is 12.5. The minimum atomic E-state index is -1.35. The smallest absolute Gasteiger partial charge is 0.492 e. The molecule has 120 valence electrons. The van der Waals surface area contributed by atoms with Gasteiger partial charge in [0, 0.05) is 5.92 Å². The summed E-state index contributed by atoms with van der Waals surface area (Å²) < 4.78 is 10.1. The normalized spacial score (nSPS) is 26.7. The van der Waals surface area contributed by atoms with Gasteiger partial charge in [0.2, 0.25) is 0 Å². The molecule has 3 fully saturated rings. The Morgan fingerprint density at radius 1 is 1.09 bits per heavy atom. The van der Waals surface area contributed by atoms with Crippen LogP contribution in [0.1, 0.15) is 44.9 Å². The average molecular weight is 307 g/mol. The molecule has 3 rings (SSSR count). The van der Waals surface area contributed by atoms with E-state index in [9.17, 15) is 14.4 Å². The van der Waals surface area contributed by atoms with Crippen LogP contribution in [0.3, 0.4) is 0 Å². The standard InChI is InChI=1S/C15H22BNO5/c1-17-9-12(18)21-16(22-13(19)10-17)14(20)11-7-15(8-11)5-3-2-4-6-15/h11H,2-10H2,1H3. The molecule has 0 aromatic heterocycles. The molecule has 1 heterocycles. The Morgan fingerprint density at radius 2 is 1.64 bits per heavy atom. The average Bonchev–Trinajstić information content (AvgIpc) is 2.42. The first-order valence-corrected chi connectivity index (χ1v) is 8.09. The van der Waals surface area contributed by atoms with Crippen molar-refractivity contribution in [1.82, 2.24) is 4.90 Å². The molecule has 6 nitrogen and oxygen atoms in total. The maximum Gasteiger partial charge on any atom is 0.675 e. The summed E-state index contributed by atoms with van der Waals surface area (Å²) in [4.78, 5) is 37.4. The first kappa shape index (κ1) is 15.5. The maximum atomic E-state index is 12.5. The summed E-state index contributed by atoms with van der Waals surface area (Å²) in [5.41, 5.74) is 0.0662. The van der Waals surface area contributed by atoms with Crippen LogP contribution in [0.25, 0.3) is 0 Å². The van der Waals surface area contributed by atoms with Crippen LogP contribution in [0.15, 0.2) is 0 Å². The largest absolute Gasteiger partial charge is 0.675 e. The molecule has 7 heteroatoms. The molecule has 0 N–H and O–H groups in total. The molecule has 0 aromatic carbocycles. The van der Waals surface area contributed by atoms with Gasteiger partial charge >= 0.3 is 19.1 Å². The Balaban J connectivity index is 1.59.